The van der Waals surface area contributed by atoms with Crippen LogP contribution in [-0.2, 0) is 11.3 Å². The second kappa shape index (κ2) is 5.42. The van der Waals surface area contributed by atoms with Gasteiger partial charge in [0.15, 0.2) is 10.6 Å². The Morgan fingerprint density at radius 2 is 2.37 bits per heavy atom. The summed E-state index contributed by atoms with van der Waals surface area (Å²) >= 11 is 5.17. The zero-order chi connectivity index (χ0) is 14.0. The Morgan fingerprint density at radius 3 is 2.95 bits per heavy atom. The first kappa shape index (κ1) is 14.2. The second-order valence-corrected chi connectivity index (χ2v) is 5.64. The maximum absolute atomic E-state index is 11.9. The number of hydrogen-bond acceptors (Lipinski definition) is 4. The molecule has 1 heterocycles. The summed E-state index contributed by atoms with van der Waals surface area (Å²) in [5.74, 6) is 0.346. The number of nitrogens with zero attached hydrogens (tertiary/aromatic N) is 2. The van der Waals surface area contributed by atoms with E-state index < -0.39 is 5.60 Å². The average Bonchev–Trinajstić information content (AvgIpc) is 3.10. The van der Waals surface area contributed by atoms with Crippen molar-refractivity contribution in [2.75, 3.05) is 0 Å². The van der Waals surface area contributed by atoms with E-state index in [1.165, 1.54) is 6.92 Å². The first-order chi connectivity index (χ1) is 8.95. The molecule has 0 radical (unpaired) electrons. The topological polar surface area (TPSA) is 82.9 Å². The number of nitrogens with one attached hydrogen (secondary N) is 2. The van der Waals surface area contributed by atoms with Crippen molar-refractivity contribution in [1.82, 2.24) is 20.1 Å². The number of H-pyrrole nitrogens is 1. The molecule has 6 nitrogen and oxygen atoms in total. The molecule has 1 atom stereocenters. The van der Waals surface area contributed by atoms with Gasteiger partial charge >= 0.3 is 0 Å². The number of rotatable bonds is 6. The molecule has 0 spiro atoms. The Labute approximate surface area is 117 Å². The summed E-state index contributed by atoms with van der Waals surface area (Å²) in [7, 11) is 0. The monoisotopic (exact) mass is 284 g/mol. The maximum Gasteiger partial charge on any atom is 0.252 e. The van der Waals surface area contributed by atoms with Crippen molar-refractivity contribution in [2.24, 2.45) is 0 Å². The van der Waals surface area contributed by atoms with Crippen LogP contribution >= 0.6 is 12.2 Å². The molecule has 0 bridgehead atoms. The molecule has 0 unspecified atom stereocenters. The highest BCUT2D eigenvalue weighted by Crippen LogP contribution is 2.35. The third-order valence-electron chi connectivity index (χ3n) is 3.32. The Kier molecular flexibility index (Phi) is 4.05. The molecule has 1 aliphatic rings. The van der Waals surface area contributed by atoms with E-state index >= 15 is 0 Å². The van der Waals surface area contributed by atoms with Gasteiger partial charge in [-0.3, -0.25) is 14.5 Å². The zero-order valence-electron chi connectivity index (χ0n) is 11.3. The van der Waals surface area contributed by atoms with E-state index in [4.69, 9.17) is 12.2 Å². The molecule has 1 aromatic rings. The fraction of sp³-hybridized carbons (Fsp3) is 0.750. The third kappa shape index (κ3) is 3.22. The van der Waals surface area contributed by atoms with Gasteiger partial charge < -0.3 is 10.4 Å². The van der Waals surface area contributed by atoms with Crippen molar-refractivity contribution < 1.29 is 9.90 Å². The Balaban J connectivity index is 1.99. The van der Waals surface area contributed by atoms with Crippen LogP contribution in [0, 0.1) is 4.77 Å². The SMILES string of the molecule is CCC[C@@](C)(O)C(=O)NCc1n[nH]c(=S)n1C1CC1. The van der Waals surface area contributed by atoms with Gasteiger partial charge in [-0.25, -0.2) is 0 Å². The summed E-state index contributed by atoms with van der Waals surface area (Å²) < 4.78 is 2.54. The van der Waals surface area contributed by atoms with E-state index in [1.54, 1.807) is 0 Å². The Bertz CT molecular complexity index is 516. The first-order valence-electron chi connectivity index (χ1n) is 6.62. The van der Waals surface area contributed by atoms with Gasteiger partial charge in [0.05, 0.1) is 6.54 Å². The maximum atomic E-state index is 11.9. The predicted octanol–water partition coefficient (Wildman–Crippen LogP) is 1.44. The average molecular weight is 284 g/mol. The van der Waals surface area contributed by atoms with Gasteiger partial charge in [-0.15, -0.1) is 0 Å². The van der Waals surface area contributed by atoms with Gasteiger partial charge in [0.1, 0.15) is 5.60 Å². The smallest absolute Gasteiger partial charge is 0.252 e. The summed E-state index contributed by atoms with van der Waals surface area (Å²) in [6, 6.07) is 0.411. The van der Waals surface area contributed by atoms with E-state index in [1.807, 2.05) is 11.5 Å². The van der Waals surface area contributed by atoms with Crippen molar-refractivity contribution in [3.63, 3.8) is 0 Å². The number of hydrogen-bond donors (Lipinski definition) is 3. The Morgan fingerprint density at radius 1 is 1.68 bits per heavy atom. The van der Waals surface area contributed by atoms with Gasteiger partial charge in [0, 0.05) is 6.04 Å². The summed E-state index contributed by atoms with van der Waals surface area (Å²) in [4.78, 5) is 11.9. The molecule has 0 aliphatic heterocycles. The number of carbonyl (C=O) groups excluding carboxylic acids is 1. The normalized spacial score (nSPS) is 18.1. The zero-order valence-corrected chi connectivity index (χ0v) is 12.1. The lowest BCUT2D eigenvalue weighted by Crippen LogP contribution is -2.44. The molecule has 1 aliphatic carbocycles. The fourth-order valence-corrected chi connectivity index (χ4v) is 2.42. The highest BCUT2D eigenvalue weighted by molar-refractivity contribution is 7.71. The van der Waals surface area contributed by atoms with E-state index in [0.29, 0.717) is 23.1 Å². The molecular weight excluding hydrogens is 264 g/mol. The van der Waals surface area contributed by atoms with Crippen LogP contribution in [0.4, 0.5) is 0 Å². The van der Waals surface area contributed by atoms with E-state index in [-0.39, 0.29) is 12.5 Å². The third-order valence-corrected chi connectivity index (χ3v) is 3.61. The number of amides is 1. The van der Waals surface area contributed by atoms with Gasteiger partial charge in [-0.05, 0) is 38.4 Å². The largest absolute Gasteiger partial charge is 0.380 e. The van der Waals surface area contributed by atoms with Gasteiger partial charge in [-0.2, -0.15) is 5.10 Å². The molecule has 1 amide bonds. The Hall–Kier alpha value is -1.21. The van der Waals surface area contributed by atoms with Crippen LogP contribution < -0.4 is 5.32 Å². The lowest BCUT2D eigenvalue weighted by atomic mass is 10.00. The van der Waals surface area contributed by atoms with Crippen LogP contribution in [0.1, 0.15) is 51.4 Å². The van der Waals surface area contributed by atoms with Gasteiger partial charge in [0.25, 0.3) is 5.91 Å². The molecule has 0 aromatic carbocycles. The first-order valence-corrected chi connectivity index (χ1v) is 7.03. The summed E-state index contributed by atoms with van der Waals surface area (Å²) in [5, 5.41) is 19.6. The van der Waals surface area contributed by atoms with Crippen molar-refractivity contribution in [2.45, 2.75) is 57.7 Å². The number of aliphatic hydroxyl groups is 1. The second-order valence-electron chi connectivity index (χ2n) is 5.25. The molecule has 19 heavy (non-hydrogen) atoms. The minimum absolute atomic E-state index is 0.280. The molecule has 2 rings (SSSR count). The summed E-state index contributed by atoms with van der Waals surface area (Å²) in [6.07, 6.45) is 3.39. The molecule has 7 heteroatoms. The van der Waals surface area contributed by atoms with Gasteiger partial charge in [-0.1, -0.05) is 13.3 Å². The number of carbonyl (C=O) groups is 1. The highest BCUT2D eigenvalue weighted by atomic mass is 32.1. The molecule has 1 fully saturated rings. The molecular formula is C12H20N4O2S. The van der Waals surface area contributed by atoms with Crippen LogP contribution in [0.15, 0.2) is 0 Å². The van der Waals surface area contributed by atoms with Crippen LogP contribution in [0.5, 0.6) is 0 Å². The molecule has 106 valence electrons. The standard InChI is InChI=1S/C12H20N4O2S/c1-3-6-12(2,18)10(17)13-7-9-14-15-11(19)16(9)8-4-5-8/h8,18H,3-7H2,1-2H3,(H,13,17)(H,15,19)/t12-/m1/s1. The lowest BCUT2D eigenvalue weighted by molar-refractivity contribution is -0.138. The minimum atomic E-state index is -1.33. The van der Waals surface area contributed by atoms with Crippen LogP contribution in [-0.4, -0.2) is 31.4 Å². The van der Waals surface area contributed by atoms with E-state index in [2.05, 4.69) is 15.5 Å². The summed E-state index contributed by atoms with van der Waals surface area (Å²) in [5.41, 5.74) is -1.33. The van der Waals surface area contributed by atoms with Crippen molar-refractivity contribution in [1.29, 1.82) is 0 Å². The minimum Gasteiger partial charge on any atom is -0.380 e. The molecule has 0 saturated heterocycles. The van der Waals surface area contributed by atoms with E-state index in [9.17, 15) is 9.90 Å². The molecule has 1 aromatic heterocycles. The number of aromatic nitrogens is 3. The predicted molar refractivity (Wildman–Crippen MR) is 73.1 cm³/mol. The van der Waals surface area contributed by atoms with Crippen molar-refractivity contribution in [3.8, 4) is 0 Å². The van der Waals surface area contributed by atoms with Gasteiger partial charge in [0.2, 0.25) is 0 Å². The van der Waals surface area contributed by atoms with Crippen LogP contribution in [0.2, 0.25) is 0 Å². The number of aromatic amines is 1. The van der Waals surface area contributed by atoms with Crippen LogP contribution in [0.3, 0.4) is 0 Å². The quantitative estimate of drug-likeness (QED) is 0.690. The van der Waals surface area contributed by atoms with Crippen molar-refractivity contribution >= 4 is 18.1 Å². The van der Waals surface area contributed by atoms with Crippen molar-refractivity contribution in [3.05, 3.63) is 10.6 Å². The lowest BCUT2D eigenvalue weighted by Gasteiger charge is -2.21. The van der Waals surface area contributed by atoms with Crippen LogP contribution in [0.25, 0.3) is 0 Å². The van der Waals surface area contributed by atoms with E-state index in [0.717, 1.165) is 19.3 Å². The highest BCUT2D eigenvalue weighted by Gasteiger charge is 2.30. The molecule has 1 saturated carbocycles. The fourth-order valence-electron chi connectivity index (χ4n) is 2.12. The summed E-state index contributed by atoms with van der Waals surface area (Å²) in [6.45, 7) is 3.74. The molecule has 3 N–H and O–H groups in total.